The normalized spacial score (nSPS) is 23.3. The summed E-state index contributed by atoms with van der Waals surface area (Å²) >= 11 is 0. The van der Waals surface area contributed by atoms with Gasteiger partial charge in [0.25, 0.3) is 0 Å². The van der Waals surface area contributed by atoms with Crippen LogP contribution in [-0.4, -0.2) is 43.4 Å². The lowest BCUT2D eigenvalue weighted by atomic mass is 10.2. The maximum absolute atomic E-state index is 10.4. The zero-order valence-electron chi connectivity index (χ0n) is 13.5. The Morgan fingerprint density at radius 1 is 1.24 bits per heavy atom. The number of aliphatic hydroxyl groups is 1. The molecule has 0 aliphatic carbocycles. The average Bonchev–Trinajstić information content (AvgIpc) is 3.20. The Morgan fingerprint density at radius 2 is 2.08 bits per heavy atom. The third-order valence-corrected chi connectivity index (χ3v) is 4.24. The van der Waals surface area contributed by atoms with E-state index in [0.29, 0.717) is 36.6 Å². The van der Waals surface area contributed by atoms with E-state index in [2.05, 4.69) is 15.0 Å². The van der Waals surface area contributed by atoms with Gasteiger partial charge in [0.15, 0.2) is 17.7 Å². The Labute approximate surface area is 144 Å². The van der Waals surface area contributed by atoms with Crippen molar-refractivity contribution in [1.82, 2.24) is 19.5 Å². The smallest absolute Gasteiger partial charge is 0.167 e. The number of rotatable bonds is 5. The largest absolute Gasteiger partial charge is 0.388 e. The molecule has 0 radical (unpaired) electrons. The molecule has 2 aromatic heterocycles. The summed E-state index contributed by atoms with van der Waals surface area (Å²) in [5.41, 5.74) is 7.95. The van der Waals surface area contributed by atoms with Crippen molar-refractivity contribution < 1.29 is 14.6 Å². The van der Waals surface area contributed by atoms with Gasteiger partial charge < -0.3 is 20.3 Å². The summed E-state index contributed by atoms with van der Waals surface area (Å²) in [6.07, 6.45) is 2.00. The van der Waals surface area contributed by atoms with E-state index in [4.69, 9.17) is 15.2 Å². The summed E-state index contributed by atoms with van der Waals surface area (Å²) in [4.78, 5) is 12.3. The van der Waals surface area contributed by atoms with Crippen LogP contribution >= 0.6 is 0 Å². The first-order valence-electron chi connectivity index (χ1n) is 8.10. The number of hydrogen-bond donors (Lipinski definition) is 2. The molecule has 8 heteroatoms. The van der Waals surface area contributed by atoms with E-state index in [-0.39, 0.29) is 6.10 Å². The molecule has 1 fully saturated rings. The minimum Gasteiger partial charge on any atom is -0.388 e. The topological polar surface area (TPSA) is 108 Å². The van der Waals surface area contributed by atoms with E-state index >= 15 is 0 Å². The van der Waals surface area contributed by atoms with Crippen molar-refractivity contribution in [1.29, 1.82) is 0 Å². The minimum absolute atomic E-state index is 0.194. The van der Waals surface area contributed by atoms with Crippen LogP contribution in [-0.2, 0) is 16.1 Å². The van der Waals surface area contributed by atoms with Crippen molar-refractivity contribution in [2.45, 2.75) is 31.5 Å². The van der Waals surface area contributed by atoms with Crippen LogP contribution < -0.4 is 5.73 Å². The zero-order chi connectivity index (χ0) is 17.2. The van der Waals surface area contributed by atoms with Crippen molar-refractivity contribution in [3.05, 3.63) is 48.5 Å². The quantitative estimate of drug-likeness (QED) is 0.719. The molecule has 0 bridgehead atoms. The SMILES string of the molecule is Nc1ncnc2c1ncn2[C@@H]1O[C@H](COCc2ccccc2)C[C@H]1O. The molecule has 0 amide bonds. The molecule has 4 rings (SSSR count). The lowest BCUT2D eigenvalue weighted by Gasteiger charge is -2.17. The van der Waals surface area contributed by atoms with Crippen LogP contribution in [0.4, 0.5) is 5.82 Å². The second kappa shape index (κ2) is 6.75. The number of nitrogens with two attached hydrogens (primary N) is 1. The van der Waals surface area contributed by atoms with Crippen molar-refractivity contribution >= 4 is 17.0 Å². The first kappa shape index (κ1) is 15.9. The molecule has 1 aliphatic heterocycles. The molecule has 3 heterocycles. The van der Waals surface area contributed by atoms with Gasteiger partial charge in [-0.1, -0.05) is 30.3 Å². The number of aliphatic hydroxyl groups excluding tert-OH is 1. The minimum atomic E-state index is -0.668. The second-order valence-electron chi connectivity index (χ2n) is 6.04. The molecule has 1 aromatic carbocycles. The Morgan fingerprint density at radius 3 is 2.92 bits per heavy atom. The van der Waals surface area contributed by atoms with Crippen LogP contribution in [0, 0.1) is 0 Å². The molecule has 3 aromatic rings. The van der Waals surface area contributed by atoms with Crippen molar-refractivity contribution in [2.75, 3.05) is 12.3 Å². The molecule has 0 saturated carbocycles. The Kier molecular flexibility index (Phi) is 4.31. The molecule has 1 saturated heterocycles. The fourth-order valence-electron chi connectivity index (χ4n) is 3.03. The van der Waals surface area contributed by atoms with Crippen LogP contribution in [0.3, 0.4) is 0 Å². The first-order chi connectivity index (χ1) is 12.2. The third-order valence-electron chi connectivity index (χ3n) is 4.24. The molecule has 1 aliphatic rings. The van der Waals surface area contributed by atoms with E-state index in [0.717, 1.165) is 5.56 Å². The predicted molar refractivity (Wildman–Crippen MR) is 90.4 cm³/mol. The third kappa shape index (κ3) is 3.19. The summed E-state index contributed by atoms with van der Waals surface area (Å²) in [5, 5.41) is 10.4. The number of nitrogen functional groups attached to an aromatic ring is 1. The van der Waals surface area contributed by atoms with Gasteiger partial charge in [0, 0.05) is 6.42 Å². The summed E-state index contributed by atoms with van der Waals surface area (Å²) in [5.74, 6) is 0.305. The van der Waals surface area contributed by atoms with E-state index < -0.39 is 12.3 Å². The zero-order valence-corrected chi connectivity index (χ0v) is 13.5. The van der Waals surface area contributed by atoms with Gasteiger partial charge in [-0.25, -0.2) is 15.0 Å². The molecule has 25 heavy (non-hydrogen) atoms. The fraction of sp³-hybridized carbons (Fsp3) is 0.353. The standard InChI is InChI=1S/C17H19N5O3/c18-15-14-16(20-9-19-15)22(10-21-14)17-13(23)6-12(25-17)8-24-7-11-4-2-1-3-5-11/h1-5,9-10,12-13,17,23H,6-8H2,(H2,18,19,20)/t12-,13+,17+/m0/s1. The Hall–Kier alpha value is -2.55. The number of aromatic nitrogens is 4. The molecule has 8 nitrogen and oxygen atoms in total. The van der Waals surface area contributed by atoms with Crippen LogP contribution in [0.1, 0.15) is 18.2 Å². The van der Waals surface area contributed by atoms with Gasteiger partial charge in [0.05, 0.1) is 25.6 Å². The number of anilines is 1. The molecular weight excluding hydrogens is 322 g/mol. The van der Waals surface area contributed by atoms with Gasteiger partial charge in [0.1, 0.15) is 17.9 Å². The second-order valence-corrected chi connectivity index (χ2v) is 6.04. The van der Waals surface area contributed by atoms with Gasteiger partial charge in [-0.05, 0) is 5.56 Å². The van der Waals surface area contributed by atoms with Gasteiger partial charge in [-0.2, -0.15) is 0 Å². The molecule has 0 spiro atoms. The molecular formula is C17H19N5O3. The predicted octanol–water partition coefficient (Wildman–Crippen LogP) is 1.27. The van der Waals surface area contributed by atoms with Crippen molar-refractivity contribution in [3.8, 4) is 0 Å². The number of fused-ring (bicyclic) bond motifs is 1. The van der Waals surface area contributed by atoms with Gasteiger partial charge in [0.2, 0.25) is 0 Å². The van der Waals surface area contributed by atoms with Crippen LogP contribution in [0.15, 0.2) is 43.0 Å². The molecule has 3 N–H and O–H groups in total. The average molecular weight is 341 g/mol. The number of ether oxygens (including phenoxy) is 2. The number of nitrogens with zero attached hydrogens (tertiary/aromatic N) is 4. The van der Waals surface area contributed by atoms with Gasteiger partial charge in [-0.15, -0.1) is 0 Å². The summed E-state index contributed by atoms with van der Waals surface area (Å²) < 4.78 is 13.4. The highest BCUT2D eigenvalue weighted by atomic mass is 16.6. The first-order valence-corrected chi connectivity index (χ1v) is 8.10. The van der Waals surface area contributed by atoms with Crippen molar-refractivity contribution in [3.63, 3.8) is 0 Å². The lowest BCUT2D eigenvalue weighted by molar-refractivity contribution is -0.0623. The Bertz CT molecular complexity index is 854. The van der Waals surface area contributed by atoms with E-state index in [1.54, 1.807) is 10.9 Å². The lowest BCUT2D eigenvalue weighted by Crippen LogP contribution is -2.19. The van der Waals surface area contributed by atoms with Gasteiger partial charge >= 0.3 is 0 Å². The van der Waals surface area contributed by atoms with E-state index in [9.17, 15) is 5.11 Å². The number of hydrogen-bond acceptors (Lipinski definition) is 7. The van der Waals surface area contributed by atoms with Crippen LogP contribution in [0.25, 0.3) is 11.2 Å². The maximum atomic E-state index is 10.4. The summed E-state index contributed by atoms with van der Waals surface area (Å²) in [6, 6.07) is 9.94. The maximum Gasteiger partial charge on any atom is 0.167 e. The highest BCUT2D eigenvalue weighted by Crippen LogP contribution is 2.31. The molecule has 0 unspecified atom stereocenters. The van der Waals surface area contributed by atoms with Crippen LogP contribution in [0.5, 0.6) is 0 Å². The molecule has 3 atom stereocenters. The van der Waals surface area contributed by atoms with E-state index in [1.165, 1.54) is 6.33 Å². The Balaban J connectivity index is 1.41. The molecule has 130 valence electrons. The van der Waals surface area contributed by atoms with Gasteiger partial charge in [-0.3, -0.25) is 4.57 Å². The monoisotopic (exact) mass is 341 g/mol. The van der Waals surface area contributed by atoms with Crippen molar-refractivity contribution in [2.24, 2.45) is 0 Å². The van der Waals surface area contributed by atoms with Crippen LogP contribution in [0.2, 0.25) is 0 Å². The number of imidazole rings is 1. The number of benzene rings is 1. The summed E-state index contributed by atoms with van der Waals surface area (Å²) in [6.45, 7) is 0.922. The highest BCUT2D eigenvalue weighted by molar-refractivity contribution is 5.81. The van der Waals surface area contributed by atoms with E-state index in [1.807, 2.05) is 30.3 Å². The summed E-state index contributed by atoms with van der Waals surface area (Å²) in [7, 11) is 0. The fourth-order valence-corrected chi connectivity index (χ4v) is 3.03. The highest BCUT2D eigenvalue weighted by Gasteiger charge is 2.36.